The fourth-order valence-electron chi connectivity index (χ4n) is 10.3. The average Bonchev–Trinajstić information content (AvgIpc) is 1.59. The van der Waals surface area contributed by atoms with Crippen LogP contribution in [0.4, 0.5) is 0 Å². The van der Waals surface area contributed by atoms with Crippen LogP contribution in [0.2, 0.25) is 0 Å². The number of aliphatic carboxylic acids is 2. The summed E-state index contributed by atoms with van der Waals surface area (Å²) in [4.78, 5) is 220. The van der Waals surface area contributed by atoms with Crippen molar-refractivity contribution < 1.29 is 182 Å². The molecule has 566 valence electrons. The molecule has 2 aliphatic rings. The Morgan fingerprint density at radius 2 is 1.11 bits per heavy atom. The van der Waals surface area contributed by atoms with E-state index >= 15 is 0 Å². The van der Waals surface area contributed by atoms with Gasteiger partial charge >= 0.3 is 11.9 Å². The third-order valence-corrected chi connectivity index (χ3v) is 17.7. The molecular weight excluding hydrogens is 1670 g/mol. The van der Waals surface area contributed by atoms with E-state index in [9.17, 15) is 102 Å². The third kappa shape index (κ3) is 31.3. The van der Waals surface area contributed by atoms with E-state index in [0.717, 1.165) is 33.4 Å². The second-order valence-electron chi connectivity index (χ2n) is 24.5. The topological polar surface area (TPSA) is 534 Å². The van der Waals surface area contributed by atoms with Crippen molar-refractivity contribution in [3.05, 3.63) is 73.5 Å². The maximum atomic E-state index is 14.9. The van der Waals surface area contributed by atoms with Gasteiger partial charge in [0.05, 0.1) is 37.3 Å². The van der Waals surface area contributed by atoms with Crippen LogP contribution >= 0.6 is 21.6 Å². The minimum atomic E-state index is -2.09. The summed E-state index contributed by atoms with van der Waals surface area (Å²) in [5.74, 6) is -19.8. The van der Waals surface area contributed by atoms with Crippen molar-refractivity contribution in [2.24, 2.45) is 11.8 Å². The number of carboxylic acids is 2. The molecule has 102 heavy (non-hydrogen) atoms. The zero-order chi connectivity index (χ0) is 74.7. The van der Waals surface area contributed by atoms with Crippen molar-refractivity contribution in [3.63, 3.8) is 0 Å². The van der Waals surface area contributed by atoms with Gasteiger partial charge in [-0.2, -0.15) is 0 Å². The number of rotatable bonds is 26. The number of aliphatic hydroxyl groups is 1. The van der Waals surface area contributed by atoms with Crippen LogP contribution in [-0.2, 0) is 89.6 Å². The van der Waals surface area contributed by atoms with Gasteiger partial charge in [0.15, 0.2) is 0 Å². The number of aromatic hydroxyl groups is 2. The van der Waals surface area contributed by atoms with Crippen LogP contribution < -0.4 is 69.1 Å². The Morgan fingerprint density at radius 1 is 0.588 bits per heavy atom. The number of phenols is 2. The number of carboxylic acid groups (broad SMARTS) is 2. The summed E-state index contributed by atoms with van der Waals surface area (Å²) in [6.45, 7) is 12.8. The summed E-state index contributed by atoms with van der Waals surface area (Å²) in [5.41, 5.74) is 0.610. The summed E-state index contributed by atoms with van der Waals surface area (Å²) < 4.78 is 0. The number of likely N-dealkylation sites (N-methyl/N-ethyl adjacent to an activating group) is 1. The number of phenolic OH excluding ortho intramolecular Hbond substituents is 2. The SMILES string of the molecule is [CH2-]C(=O)NCC(NC([CH2-])=O)C(=O)N[C@@H](CC(C)C)C(=O)N1CCC[C@H]1C(=O)N[C@H]1CSSC[C@@H](C(=O)N[C@@H](CC(C)C)C(=O)N[C@@H](CC(=O)O)C(=O)NC)NC(=O)[C@H](C(C)O)NC(=O)CNC(=O)[C@H](Cc2ccc(O)cc2)NC(=O)[C@H](Cc2ccc(O)cc2)NC(=O)[C@H](CC(=O)O)NC1=O.[Gd].[Gd]. The van der Waals surface area contributed by atoms with Crippen LogP contribution in [0.3, 0.4) is 0 Å². The summed E-state index contributed by atoms with van der Waals surface area (Å²) in [6, 6.07) is -7.77. The summed E-state index contributed by atoms with van der Waals surface area (Å²) in [6.07, 6.45) is -4.61. The summed E-state index contributed by atoms with van der Waals surface area (Å²) in [5, 5.41) is 82.0. The molecule has 35 nitrogen and oxygen atoms in total. The van der Waals surface area contributed by atoms with Gasteiger partial charge in [-0.1, -0.05) is 73.5 Å². The number of benzene rings is 2. The molecule has 2 aliphatic heterocycles. The molecule has 2 aromatic rings. The zero-order valence-corrected chi connectivity index (χ0v) is 62.7. The molecule has 2 unspecified atom stereocenters. The summed E-state index contributed by atoms with van der Waals surface area (Å²) in [7, 11) is 2.65. The molecule has 2 fully saturated rings. The van der Waals surface area contributed by atoms with Crippen LogP contribution in [0.25, 0.3) is 0 Å². The van der Waals surface area contributed by atoms with E-state index in [1.165, 1.54) is 55.6 Å². The van der Waals surface area contributed by atoms with Crippen molar-refractivity contribution in [1.29, 1.82) is 0 Å². The van der Waals surface area contributed by atoms with E-state index in [4.69, 9.17) is 0 Å². The van der Waals surface area contributed by atoms with Gasteiger partial charge in [0.25, 0.3) is 0 Å². The van der Waals surface area contributed by atoms with Crippen LogP contribution in [0.5, 0.6) is 11.5 Å². The Morgan fingerprint density at radius 3 is 1.63 bits per heavy atom. The predicted molar refractivity (Wildman–Crippen MR) is 358 cm³/mol. The molecule has 0 bridgehead atoms. The van der Waals surface area contributed by atoms with Crippen LogP contribution in [0.15, 0.2) is 48.5 Å². The Labute approximate surface area is 660 Å². The van der Waals surface area contributed by atoms with Gasteiger partial charge in [-0.05, 0) is 79.8 Å². The average molecular weight is 1760 g/mol. The number of aliphatic hydroxyl groups excluding tert-OH is 1. The molecule has 39 heteroatoms. The normalized spacial score (nSPS) is 21.0. The van der Waals surface area contributed by atoms with Gasteiger partial charge in [0.2, 0.25) is 70.9 Å². The molecule has 0 saturated carbocycles. The number of nitrogens with one attached hydrogen (secondary N) is 13. The van der Waals surface area contributed by atoms with Crippen molar-refractivity contribution in [1.82, 2.24) is 74.0 Å². The predicted octanol–water partition coefficient (Wildman–Crippen LogP) is -4.81. The van der Waals surface area contributed by atoms with Crippen molar-refractivity contribution >= 4 is 116 Å². The van der Waals surface area contributed by atoms with Gasteiger partial charge in [0.1, 0.15) is 78.0 Å². The number of nitrogens with zero attached hydrogens (tertiary/aromatic N) is 1. The van der Waals surface area contributed by atoms with Crippen LogP contribution in [0.1, 0.15) is 84.3 Å². The van der Waals surface area contributed by atoms with Crippen LogP contribution in [0, 0.1) is 106 Å². The smallest absolute Gasteiger partial charge is 0.305 e. The van der Waals surface area contributed by atoms with E-state index < -0.39 is 211 Å². The van der Waals surface area contributed by atoms with Gasteiger partial charge in [-0.3, -0.25) is 67.1 Å². The molecule has 2 saturated heterocycles. The number of hydrogen-bond acceptors (Lipinski definition) is 21. The molecule has 18 N–H and O–H groups in total. The molecule has 4 rings (SSSR count). The molecule has 0 spiro atoms. The van der Waals surface area contributed by atoms with Crippen LogP contribution in [-0.4, -0.2) is 236 Å². The van der Waals surface area contributed by atoms with Gasteiger partial charge in [-0.15, -0.1) is 0 Å². The first-order chi connectivity index (χ1) is 47.0. The minimum absolute atomic E-state index is 0. The maximum Gasteiger partial charge on any atom is 0.305 e. The third-order valence-electron chi connectivity index (χ3n) is 15.3. The zero-order valence-electron chi connectivity index (χ0n) is 56.5. The molecule has 14 amide bonds. The minimum Gasteiger partial charge on any atom is -0.508 e. The molecule has 0 radical (unpaired) electrons. The first kappa shape index (κ1) is 90.7. The largest absolute Gasteiger partial charge is 0.508 e. The van der Waals surface area contributed by atoms with Gasteiger partial charge in [0, 0.05) is 124 Å². The van der Waals surface area contributed by atoms with Crippen molar-refractivity contribution in [3.8, 4) is 11.5 Å². The Kier molecular flexibility index (Phi) is 40.0. The van der Waals surface area contributed by atoms with Crippen molar-refractivity contribution in [2.45, 2.75) is 159 Å². The Bertz CT molecular complexity index is 3300. The van der Waals surface area contributed by atoms with Gasteiger partial charge in [-0.25, -0.2) is 0 Å². The number of amides is 14. The number of carbonyl (C=O) groups is 16. The molecule has 12 atom stereocenters. The number of likely N-dealkylation sites (tertiary alicyclic amines) is 1. The number of hydrogen-bond donors (Lipinski definition) is 18. The van der Waals surface area contributed by atoms with Gasteiger partial charge < -0.3 is 123 Å². The molecule has 0 aliphatic carbocycles. The van der Waals surface area contributed by atoms with E-state index in [-0.39, 0.29) is 147 Å². The summed E-state index contributed by atoms with van der Waals surface area (Å²) >= 11 is 0. The maximum absolute atomic E-state index is 14.9. The number of carbonyl (C=O) groups excluding carboxylic acids is 14. The fourth-order valence-corrected chi connectivity index (χ4v) is 12.6. The standard InChI is InChI=1S/C63H88N14O21S2.2Gd/c1-30(2)20-39(55(90)71-42(24-50(84)85)53(88)64-8)68-60(95)47-29-100-99-28-46(74-61(96)48-10-9-19-77(48)63(98)44(21-31(3)4)73-58(93)45(67-34(7)80)26-65-33(6)79)59(94)72-43(25-51(86)87)57(92)70-41(23-36-13-17-38(82)18-14-36)56(91)69-40(22-35-11-15-37(81)16-12-35)54(89)66-27-49(83)76-52(32(5)78)62(97)75-47;;/h11-18,30-32,39-48,52,78,81-82H,6-7,9-10,19-29H2,1-5,8H3,(H,64,88)(H,65,79)(H,66,89)(H,67,80)(H,68,95)(H,69,91)(H,70,92)(H,71,90)(H,72,94)(H,73,93)(H,74,96)(H,75,97)(H,76,83)(H,84,85)(H,86,87);;/q-2;;/t32?,39-,40-,41-,42-,43-,44-,45?,46-,47-,48-,52-;;/m0../s1. The molecular formula is C63H88Gd2N14O21S2-2. The van der Waals surface area contributed by atoms with E-state index in [0.29, 0.717) is 5.56 Å². The quantitative estimate of drug-likeness (QED) is 0.0310. The fraction of sp³-hybridized carbons (Fsp3) is 0.524. The molecule has 2 aromatic carbocycles. The Balaban J connectivity index is 0.0000177. The first-order valence-corrected chi connectivity index (χ1v) is 34.2. The monoisotopic (exact) mass is 1760 g/mol. The molecule has 0 aromatic heterocycles. The van der Waals surface area contributed by atoms with E-state index in [1.54, 1.807) is 27.7 Å². The molecule has 2 heterocycles. The van der Waals surface area contributed by atoms with E-state index in [1.807, 2.05) is 0 Å². The first-order valence-electron chi connectivity index (χ1n) is 31.7. The van der Waals surface area contributed by atoms with E-state index in [2.05, 4.69) is 83.0 Å². The Hall–Kier alpha value is -7.39. The van der Waals surface area contributed by atoms with Crippen molar-refractivity contribution in [2.75, 3.05) is 38.2 Å². The second kappa shape index (κ2) is 45.0. The second-order valence-corrected chi connectivity index (χ2v) is 27.0.